The van der Waals surface area contributed by atoms with E-state index >= 15 is 0 Å². The monoisotopic (exact) mass is 275 g/mol. The van der Waals surface area contributed by atoms with Crippen molar-refractivity contribution in [2.24, 2.45) is 0 Å². The van der Waals surface area contributed by atoms with E-state index in [-0.39, 0.29) is 11.4 Å². The lowest BCUT2D eigenvalue weighted by Gasteiger charge is -2.36. The van der Waals surface area contributed by atoms with Crippen LogP contribution in [0.3, 0.4) is 0 Å². The lowest BCUT2D eigenvalue weighted by atomic mass is 10.0. The molecule has 0 spiro atoms. The summed E-state index contributed by atoms with van der Waals surface area (Å²) >= 11 is 0. The molecule has 1 fully saturated rings. The molecule has 0 bridgehead atoms. The van der Waals surface area contributed by atoms with Gasteiger partial charge in [0.15, 0.2) is 0 Å². The first-order valence-electron chi connectivity index (χ1n) is 6.64. The second kappa shape index (κ2) is 6.30. The fourth-order valence-corrected chi connectivity index (χ4v) is 2.58. The number of hydrogen-bond acceptors (Lipinski definition) is 6. The predicted octanol–water partition coefficient (Wildman–Crippen LogP) is 1.44. The Bertz CT molecular complexity index is 538. The van der Waals surface area contributed by atoms with Crippen molar-refractivity contribution in [3.63, 3.8) is 0 Å². The topological polar surface area (TPSA) is 95.1 Å². The molecule has 1 aliphatic heterocycles. The highest BCUT2D eigenvalue weighted by molar-refractivity contribution is 5.52. The number of piperidine rings is 1. The highest BCUT2D eigenvalue weighted by Gasteiger charge is 2.25. The van der Waals surface area contributed by atoms with Crippen molar-refractivity contribution in [2.45, 2.75) is 25.3 Å². The van der Waals surface area contributed by atoms with Crippen molar-refractivity contribution < 1.29 is 4.92 Å². The number of nitro groups is 1. The molecule has 1 aromatic rings. The number of aromatic nitrogens is 1. The number of pyridine rings is 1. The Morgan fingerprint density at radius 3 is 3.05 bits per heavy atom. The second-order valence-electron chi connectivity index (χ2n) is 4.81. The molecule has 1 N–H and O–H groups in total. The third kappa shape index (κ3) is 2.86. The van der Waals surface area contributed by atoms with Gasteiger partial charge in [0.05, 0.1) is 4.92 Å². The Balaban J connectivity index is 2.31. The Labute approximate surface area is 117 Å². The lowest BCUT2D eigenvalue weighted by molar-refractivity contribution is -0.385. The van der Waals surface area contributed by atoms with Gasteiger partial charge in [0.2, 0.25) is 5.69 Å². The van der Waals surface area contributed by atoms with Crippen LogP contribution in [-0.2, 0) is 0 Å². The zero-order valence-corrected chi connectivity index (χ0v) is 11.4. The molecule has 0 aliphatic carbocycles. The van der Waals surface area contributed by atoms with Gasteiger partial charge in [-0.1, -0.05) is 0 Å². The van der Waals surface area contributed by atoms with E-state index in [4.69, 9.17) is 5.26 Å². The van der Waals surface area contributed by atoms with E-state index in [1.54, 1.807) is 6.07 Å². The van der Waals surface area contributed by atoms with Gasteiger partial charge in [-0.05, 0) is 32.4 Å². The van der Waals surface area contributed by atoms with E-state index in [0.29, 0.717) is 11.9 Å². The van der Waals surface area contributed by atoms with Crippen molar-refractivity contribution in [2.75, 3.05) is 25.0 Å². The van der Waals surface area contributed by atoms with Crippen LogP contribution in [0.2, 0.25) is 0 Å². The quantitative estimate of drug-likeness (QED) is 0.660. The molecule has 1 atom stereocenters. The van der Waals surface area contributed by atoms with E-state index in [2.05, 4.69) is 15.2 Å². The lowest BCUT2D eigenvalue weighted by Crippen LogP contribution is -2.45. The van der Waals surface area contributed by atoms with Gasteiger partial charge in [-0.25, -0.2) is 4.98 Å². The maximum Gasteiger partial charge on any atom is 0.305 e. The Kier molecular flexibility index (Phi) is 4.48. The number of nitrogens with zero attached hydrogens (tertiary/aromatic N) is 4. The standard InChI is InChI=1S/C13H17N5O2/c1-15-9-10-4-2-3-7-17(10)13-6-5-12(18(19)20)11(8-14)16-13/h5-6,10,15H,2-4,7,9H2,1H3. The van der Waals surface area contributed by atoms with Crippen LogP contribution >= 0.6 is 0 Å². The SMILES string of the molecule is CNCC1CCCCN1c1ccc([N+](=O)[O-])c(C#N)n1. The summed E-state index contributed by atoms with van der Waals surface area (Å²) < 4.78 is 0. The number of nitrogens with one attached hydrogen (secondary N) is 1. The van der Waals surface area contributed by atoms with Crippen LogP contribution in [0.25, 0.3) is 0 Å². The third-order valence-corrected chi connectivity index (χ3v) is 3.52. The Hall–Kier alpha value is -2.20. The van der Waals surface area contributed by atoms with Crippen LogP contribution in [0.1, 0.15) is 25.0 Å². The fraction of sp³-hybridized carbons (Fsp3) is 0.538. The van der Waals surface area contributed by atoms with Gasteiger partial charge in [0.1, 0.15) is 11.9 Å². The zero-order valence-electron chi connectivity index (χ0n) is 11.4. The molecular weight excluding hydrogens is 258 g/mol. The van der Waals surface area contributed by atoms with Crippen LogP contribution < -0.4 is 10.2 Å². The molecule has 106 valence electrons. The minimum absolute atomic E-state index is 0.124. The average molecular weight is 275 g/mol. The van der Waals surface area contributed by atoms with Crippen molar-refractivity contribution in [1.82, 2.24) is 10.3 Å². The van der Waals surface area contributed by atoms with E-state index in [1.807, 2.05) is 13.1 Å². The summed E-state index contributed by atoms with van der Waals surface area (Å²) in [6, 6.07) is 5.12. The van der Waals surface area contributed by atoms with Crippen LogP contribution in [0.5, 0.6) is 0 Å². The summed E-state index contributed by atoms with van der Waals surface area (Å²) in [7, 11) is 1.90. The maximum atomic E-state index is 10.8. The summed E-state index contributed by atoms with van der Waals surface area (Å²) in [5, 5.41) is 23.0. The number of likely N-dealkylation sites (N-methyl/N-ethyl adjacent to an activating group) is 1. The molecule has 1 aliphatic rings. The first-order chi connectivity index (χ1) is 9.67. The molecule has 2 heterocycles. The van der Waals surface area contributed by atoms with Crippen LogP contribution in [0, 0.1) is 21.4 Å². The molecule has 0 saturated carbocycles. The fourth-order valence-electron chi connectivity index (χ4n) is 2.58. The molecule has 1 aromatic heterocycles. The first kappa shape index (κ1) is 14.2. The molecule has 7 nitrogen and oxygen atoms in total. The van der Waals surface area contributed by atoms with Gasteiger partial charge in [0, 0.05) is 25.2 Å². The molecule has 7 heteroatoms. The zero-order chi connectivity index (χ0) is 14.5. The molecule has 20 heavy (non-hydrogen) atoms. The number of rotatable bonds is 4. The van der Waals surface area contributed by atoms with Gasteiger partial charge in [-0.3, -0.25) is 10.1 Å². The van der Waals surface area contributed by atoms with Gasteiger partial charge >= 0.3 is 5.69 Å². The molecule has 1 unspecified atom stereocenters. The smallest absolute Gasteiger partial charge is 0.305 e. The second-order valence-corrected chi connectivity index (χ2v) is 4.81. The van der Waals surface area contributed by atoms with Crippen LogP contribution in [0.15, 0.2) is 12.1 Å². The molecule has 1 saturated heterocycles. The summed E-state index contributed by atoms with van der Waals surface area (Å²) in [6.07, 6.45) is 3.29. The maximum absolute atomic E-state index is 10.8. The van der Waals surface area contributed by atoms with Gasteiger partial charge in [0.25, 0.3) is 0 Å². The van der Waals surface area contributed by atoms with E-state index in [9.17, 15) is 10.1 Å². The minimum Gasteiger partial charge on any atom is -0.352 e. The largest absolute Gasteiger partial charge is 0.352 e. The predicted molar refractivity (Wildman–Crippen MR) is 74.5 cm³/mol. The summed E-state index contributed by atoms with van der Waals surface area (Å²) in [5.74, 6) is 0.645. The minimum atomic E-state index is -0.573. The molecule has 2 rings (SSSR count). The van der Waals surface area contributed by atoms with Crippen molar-refractivity contribution in [3.05, 3.63) is 27.9 Å². The van der Waals surface area contributed by atoms with Gasteiger partial charge < -0.3 is 10.2 Å². The molecule has 0 amide bonds. The van der Waals surface area contributed by atoms with E-state index in [1.165, 1.54) is 12.5 Å². The van der Waals surface area contributed by atoms with Crippen LogP contribution in [-0.4, -0.2) is 36.1 Å². The van der Waals surface area contributed by atoms with E-state index in [0.717, 1.165) is 25.9 Å². The summed E-state index contributed by atoms with van der Waals surface area (Å²) in [4.78, 5) is 16.5. The number of hydrogen-bond donors (Lipinski definition) is 1. The Morgan fingerprint density at radius 2 is 2.40 bits per heavy atom. The van der Waals surface area contributed by atoms with Crippen molar-refractivity contribution in [1.29, 1.82) is 5.26 Å². The normalized spacial score (nSPS) is 18.6. The molecule has 0 aromatic carbocycles. The third-order valence-electron chi connectivity index (χ3n) is 3.52. The van der Waals surface area contributed by atoms with Crippen molar-refractivity contribution >= 4 is 11.5 Å². The Morgan fingerprint density at radius 1 is 1.60 bits per heavy atom. The van der Waals surface area contributed by atoms with Crippen molar-refractivity contribution in [3.8, 4) is 6.07 Å². The van der Waals surface area contributed by atoms with E-state index < -0.39 is 4.92 Å². The highest BCUT2D eigenvalue weighted by Crippen LogP contribution is 2.26. The van der Waals surface area contributed by atoms with Gasteiger partial charge in [-0.15, -0.1) is 0 Å². The van der Waals surface area contributed by atoms with Crippen LogP contribution in [0.4, 0.5) is 11.5 Å². The molecular formula is C13H17N5O2. The average Bonchev–Trinajstić information content (AvgIpc) is 2.47. The summed E-state index contributed by atoms with van der Waals surface area (Å²) in [5.41, 5.74) is -0.361. The molecule has 0 radical (unpaired) electrons. The highest BCUT2D eigenvalue weighted by atomic mass is 16.6. The first-order valence-corrected chi connectivity index (χ1v) is 6.64. The summed E-state index contributed by atoms with van der Waals surface area (Å²) in [6.45, 7) is 1.70. The number of nitriles is 1. The van der Waals surface area contributed by atoms with Gasteiger partial charge in [-0.2, -0.15) is 5.26 Å². The number of anilines is 1.